The summed E-state index contributed by atoms with van der Waals surface area (Å²) in [7, 11) is 0. The van der Waals surface area contributed by atoms with Crippen molar-refractivity contribution in [1.29, 1.82) is 0 Å². The molecule has 0 radical (unpaired) electrons. The monoisotopic (exact) mass is 189 g/mol. The fraction of sp³-hybridized carbons (Fsp3) is 0.500. The molecule has 0 aliphatic carbocycles. The molecule has 0 fully saturated rings. The van der Waals surface area contributed by atoms with Crippen molar-refractivity contribution in [3.05, 3.63) is 11.5 Å². The van der Waals surface area contributed by atoms with Gasteiger partial charge in [-0.05, 0) is 13.8 Å². The third-order valence-electron chi connectivity index (χ3n) is 1.43. The highest BCUT2D eigenvalue weighted by Crippen LogP contribution is 2.17. The van der Waals surface area contributed by atoms with E-state index in [1.54, 1.807) is 6.92 Å². The van der Waals surface area contributed by atoms with E-state index in [-0.39, 0.29) is 5.70 Å². The Bertz CT molecular complexity index is 244. The van der Waals surface area contributed by atoms with E-state index in [9.17, 15) is 9.18 Å². The van der Waals surface area contributed by atoms with Gasteiger partial charge in [-0.1, -0.05) is 0 Å². The average Bonchev–Trinajstić information content (AvgIpc) is 2.03. The van der Waals surface area contributed by atoms with Crippen molar-refractivity contribution >= 4 is 12.2 Å². The van der Waals surface area contributed by atoms with Crippen LogP contribution >= 0.6 is 0 Å². The summed E-state index contributed by atoms with van der Waals surface area (Å²) >= 11 is 0. The van der Waals surface area contributed by atoms with Crippen LogP contribution in [0.5, 0.6) is 0 Å². The molecule has 0 saturated carbocycles. The van der Waals surface area contributed by atoms with Crippen molar-refractivity contribution in [1.82, 2.24) is 0 Å². The van der Waals surface area contributed by atoms with Crippen molar-refractivity contribution in [2.24, 2.45) is 10.9 Å². The summed E-state index contributed by atoms with van der Waals surface area (Å²) in [5.74, 6) is -3.28. The largest absolute Gasteiger partial charge is 0.481 e. The fourth-order valence-corrected chi connectivity index (χ4v) is 0.840. The number of aliphatic hydroxyl groups is 1. The molecule has 13 heavy (non-hydrogen) atoms. The lowest BCUT2D eigenvalue weighted by Crippen LogP contribution is -2.20. The summed E-state index contributed by atoms with van der Waals surface area (Å²) in [5, 5.41) is 17.3. The van der Waals surface area contributed by atoms with E-state index >= 15 is 0 Å². The zero-order chi connectivity index (χ0) is 10.4. The summed E-state index contributed by atoms with van der Waals surface area (Å²) in [6.07, 6.45) is 1.28. The highest BCUT2D eigenvalue weighted by molar-refractivity contribution is 5.74. The minimum absolute atomic E-state index is 0.238. The van der Waals surface area contributed by atoms with E-state index in [0.29, 0.717) is 0 Å². The van der Waals surface area contributed by atoms with E-state index in [1.165, 1.54) is 6.21 Å². The van der Waals surface area contributed by atoms with Crippen LogP contribution in [0.4, 0.5) is 4.39 Å². The van der Waals surface area contributed by atoms with Gasteiger partial charge in [0.1, 0.15) is 11.7 Å². The molecule has 0 heterocycles. The Morgan fingerprint density at radius 3 is 2.46 bits per heavy atom. The van der Waals surface area contributed by atoms with Gasteiger partial charge in [0.2, 0.25) is 0 Å². The molecule has 0 aliphatic heterocycles. The lowest BCUT2D eigenvalue weighted by Gasteiger charge is -2.09. The number of hydrogen-bond acceptors (Lipinski definition) is 3. The first-order valence-corrected chi connectivity index (χ1v) is 3.73. The first-order chi connectivity index (χ1) is 6.04. The third-order valence-corrected chi connectivity index (χ3v) is 1.43. The number of carbonyl (C=O) groups is 1. The summed E-state index contributed by atoms with van der Waals surface area (Å²) in [4.78, 5) is 14.1. The van der Waals surface area contributed by atoms with Gasteiger partial charge in [-0.3, -0.25) is 9.79 Å². The average molecular weight is 189 g/mol. The van der Waals surface area contributed by atoms with Crippen molar-refractivity contribution < 1.29 is 19.4 Å². The second-order valence-electron chi connectivity index (χ2n) is 2.38. The standard InChI is InChI=1S/C8H12FNO3/c1-3-10-7(5(2)9)6(4-11)8(12)13/h3,6,11H,4H2,1-2H3,(H,12,13)/b7-5+,10-3?. The second kappa shape index (κ2) is 5.42. The van der Waals surface area contributed by atoms with E-state index in [4.69, 9.17) is 10.2 Å². The van der Waals surface area contributed by atoms with Gasteiger partial charge < -0.3 is 10.2 Å². The molecule has 0 saturated heterocycles. The van der Waals surface area contributed by atoms with Crippen molar-refractivity contribution in [2.45, 2.75) is 13.8 Å². The number of aliphatic carboxylic acids is 1. The summed E-state index contributed by atoms with van der Waals surface area (Å²) in [5.41, 5.74) is -0.238. The van der Waals surface area contributed by atoms with Gasteiger partial charge in [0.15, 0.2) is 0 Å². The molecular formula is C8H12FNO3. The number of nitrogens with zero attached hydrogens (tertiary/aromatic N) is 1. The smallest absolute Gasteiger partial charge is 0.315 e. The van der Waals surface area contributed by atoms with Gasteiger partial charge in [-0.25, -0.2) is 4.39 Å². The van der Waals surface area contributed by atoms with E-state index in [1.807, 2.05) is 0 Å². The molecule has 0 aromatic carbocycles. The molecule has 0 aromatic heterocycles. The third kappa shape index (κ3) is 3.33. The number of aliphatic imine (C=N–C) groups is 1. The lowest BCUT2D eigenvalue weighted by molar-refractivity contribution is -0.141. The van der Waals surface area contributed by atoms with Gasteiger partial charge in [-0.2, -0.15) is 0 Å². The molecule has 0 amide bonds. The predicted octanol–water partition coefficient (Wildman–Crippen LogP) is 0.971. The zero-order valence-corrected chi connectivity index (χ0v) is 7.49. The number of aliphatic hydroxyl groups excluding tert-OH is 1. The number of carboxylic acid groups (broad SMARTS) is 1. The van der Waals surface area contributed by atoms with Gasteiger partial charge in [0, 0.05) is 6.21 Å². The molecule has 0 aliphatic rings. The van der Waals surface area contributed by atoms with E-state index in [0.717, 1.165) is 6.92 Å². The van der Waals surface area contributed by atoms with Crippen LogP contribution in [-0.2, 0) is 4.79 Å². The molecule has 0 aromatic rings. The second-order valence-corrected chi connectivity index (χ2v) is 2.38. The van der Waals surface area contributed by atoms with Crippen LogP contribution in [0.2, 0.25) is 0 Å². The van der Waals surface area contributed by atoms with Crippen LogP contribution in [0.25, 0.3) is 0 Å². The van der Waals surface area contributed by atoms with Crippen LogP contribution in [-0.4, -0.2) is 29.0 Å². The Morgan fingerprint density at radius 1 is 1.69 bits per heavy atom. The Kier molecular flexibility index (Phi) is 4.91. The topological polar surface area (TPSA) is 69.9 Å². The minimum Gasteiger partial charge on any atom is -0.481 e. The van der Waals surface area contributed by atoms with Crippen LogP contribution < -0.4 is 0 Å². The number of carboxylic acids is 1. The first-order valence-electron chi connectivity index (χ1n) is 3.73. The molecule has 5 heteroatoms. The fourth-order valence-electron chi connectivity index (χ4n) is 0.840. The Balaban J connectivity index is 4.93. The van der Waals surface area contributed by atoms with Gasteiger partial charge in [-0.15, -0.1) is 0 Å². The molecule has 0 spiro atoms. The molecule has 2 N–H and O–H groups in total. The predicted molar refractivity (Wildman–Crippen MR) is 46.2 cm³/mol. The van der Waals surface area contributed by atoms with Crippen LogP contribution in [0, 0.1) is 5.92 Å². The Morgan fingerprint density at radius 2 is 2.23 bits per heavy atom. The van der Waals surface area contributed by atoms with Crippen LogP contribution in [0.3, 0.4) is 0 Å². The van der Waals surface area contributed by atoms with Crippen molar-refractivity contribution in [3.8, 4) is 0 Å². The molecule has 0 rings (SSSR count). The molecule has 4 nitrogen and oxygen atoms in total. The summed E-state index contributed by atoms with van der Waals surface area (Å²) in [6.45, 7) is 1.98. The molecule has 74 valence electrons. The van der Waals surface area contributed by atoms with Crippen LogP contribution in [0.1, 0.15) is 13.8 Å². The highest BCUT2D eigenvalue weighted by Gasteiger charge is 2.23. The maximum atomic E-state index is 12.7. The molecular weight excluding hydrogens is 177 g/mol. The van der Waals surface area contributed by atoms with Gasteiger partial charge >= 0.3 is 5.97 Å². The van der Waals surface area contributed by atoms with Gasteiger partial charge in [0.25, 0.3) is 0 Å². The van der Waals surface area contributed by atoms with Crippen LogP contribution in [0.15, 0.2) is 16.5 Å². The Labute approximate surface area is 75.4 Å². The molecule has 1 atom stereocenters. The number of allylic oxidation sites excluding steroid dienone is 1. The van der Waals surface area contributed by atoms with Crippen molar-refractivity contribution in [2.75, 3.05) is 6.61 Å². The van der Waals surface area contributed by atoms with E-state index in [2.05, 4.69) is 4.99 Å². The molecule has 1 unspecified atom stereocenters. The van der Waals surface area contributed by atoms with E-state index < -0.39 is 24.3 Å². The minimum atomic E-state index is -1.29. The normalized spacial score (nSPS) is 15.7. The number of halogens is 1. The SMILES string of the molecule is CC=N/C(=C(\C)F)C(CO)C(=O)O. The van der Waals surface area contributed by atoms with Crippen molar-refractivity contribution in [3.63, 3.8) is 0 Å². The zero-order valence-electron chi connectivity index (χ0n) is 7.49. The maximum absolute atomic E-state index is 12.7. The maximum Gasteiger partial charge on any atom is 0.315 e. The lowest BCUT2D eigenvalue weighted by atomic mass is 10.1. The number of rotatable bonds is 4. The molecule has 0 bridgehead atoms. The number of hydrogen-bond donors (Lipinski definition) is 2. The Hall–Kier alpha value is -1.23. The quantitative estimate of drug-likeness (QED) is 0.647. The first kappa shape index (κ1) is 11.8. The summed E-state index contributed by atoms with van der Waals surface area (Å²) < 4.78 is 12.7. The van der Waals surface area contributed by atoms with Gasteiger partial charge in [0.05, 0.1) is 12.3 Å². The highest BCUT2D eigenvalue weighted by atomic mass is 19.1. The summed E-state index contributed by atoms with van der Waals surface area (Å²) in [6, 6.07) is 0.